The maximum atomic E-state index is 13.8. The number of carboxylic acids is 1. The number of rotatable bonds is 5. The summed E-state index contributed by atoms with van der Waals surface area (Å²) in [4.78, 5) is 11.1. The van der Waals surface area contributed by atoms with E-state index in [9.17, 15) is 9.18 Å². The van der Waals surface area contributed by atoms with Gasteiger partial charge in [0, 0.05) is 25.4 Å². The smallest absolute Gasteiger partial charge is 0.337 e. The Morgan fingerprint density at radius 1 is 1.50 bits per heavy atom. The van der Waals surface area contributed by atoms with E-state index < -0.39 is 11.8 Å². The third-order valence-corrected chi connectivity index (χ3v) is 3.03. The van der Waals surface area contributed by atoms with Crippen molar-refractivity contribution in [1.82, 2.24) is 9.78 Å². The van der Waals surface area contributed by atoms with Crippen molar-refractivity contribution in [2.75, 3.05) is 5.32 Å². The van der Waals surface area contributed by atoms with E-state index >= 15 is 0 Å². The van der Waals surface area contributed by atoms with E-state index in [1.807, 2.05) is 20.2 Å². The van der Waals surface area contributed by atoms with E-state index in [1.165, 1.54) is 18.2 Å². The number of halogens is 1. The number of carbonyl (C=O) groups is 1. The number of aromatic carboxylic acids is 1. The van der Waals surface area contributed by atoms with Gasteiger partial charge in [-0.05, 0) is 18.6 Å². The molecule has 0 saturated heterocycles. The van der Waals surface area contributed by atoms with Gasteiger partial charge >= 0.3 is 5.97 Å². The first-order valence-corrected chi connectivity index (χ1v) is 6.30. The highest BCUT2D eigenvalue weighted by atomic mass is 19.1. The second-order valence-corrected chi connectivity index (χ2v) is 4.45. The summed E-state index contributed by atoms with van der Waals surface area (Å²) in [6.45, 7) is 2.32. The van der Waals surface area contributed by atoms with E-state index in [4.69, 9.17) is 5.11 Å². The highest BCUT2D eigenvalue weighted by molar-refractivity contribution is 5.94. The lowest BCUT2D eigenvalue weighted by atomic mass is 10.1. The SMILES string of the molecule is CCc1nn(C)cc1CNc1c(F)cccc1C(=O)O. The first-order valence-electron chi connectivity index (χ1n) is 6.30. The maximum absolute atomic E-state index is 13.8. The second kappa shape index (κ2) is 5.73. The molecule has 0 fully saturated rings. The molecule has 0 saturated carbocycles. The number of carboxylic acid groups (broad SMARTS) is 1. The van der Waals surface area contributed by atoms with Crippen molar-refractivity contribution in [3.05, 3.63) is 47.0 Å². The van der Waals surface area contributed by atoms with Crippen molar-refractivity contribution >= 4 is 11.7 Å². The van der Waals surface area contributed by atoms with Crippen molar-refractivity contribution in [2.24, 2.45) is 7.05 Å². The Labute approximate surface area is 116 Å². The van der Waals surface area contributed by atoms with Crippen LogP contribution >= 0.6 is 0 Å². The van der Waals surface area contributed by atoms with Gasteiger partial charge < -0.3 is 10.4 Å². The molecule has 0 atom stereocenters. The molecule has 2 rings (SSSR count). The van der Waals surface area contributed by atoms with Gasteiger partial charge in [-0.1, -0.05) is 13.0 Å². The number of benzene rings is 1. The van der Waals surface area contributed by atoms with Crippen LogP contribution in [0.25, 0.3) is 0 Å². The van der Waals surface area contributed by atoms with Crippen LogP contribution in [0.5, 0.6) is 0 Å². The standard InChI is InChI=1S/C14H16FN3O2/c1-3-12-9(8-18(2)17-12)7-16-13-10(14(19)20)5-4-6-11(13)15/h4-6,8,16H,3,7H2,1-2H3,(H,19,20). The summed E-state index contributed by atoms with van der Waals surface area (Å²) in [5.41, 5.74) is 1.76. The van der Waals surface area contributed by atoms with Gasteiger partial charge in [-0.25, -0.2) is 9.18 Å². The normalized spacial score (nSPS) is 10.6. The van der Waals surface area contributed by atoms with Crippen molar-refractivity contribution < 1.29 is 14.3 Å². The maximum Gasteiger partial charge on any atom is 0.337 e. The predicted octanol–water partition coefficient (Wildman–Crippen LogP) is 2.43. The minimum atomic E-state index is -1.16. The van der Waals surface area contributed by atoms with Gasteiger partial charge in [-0.15, -0.1) is 0 Å². The highest BCUT2D eigenvalue weighted by Crippen LogP contribution is 2.21. The summed E-state index contributed by atoms with van der Waals surface area (Å²) in [7, 11) is 1.81. The number of hydrogen-bond acceptors (Lipinski definition) is 3. The fourth-order valence-electron chi connectivity index (χ4n) is 2.09. The molecule has 0 amide bonds. The average Bonchev–Trinajstić information content (AvgIpc) is 2.77. The quantitative estimate of drug-likeness (QED) is 0.880. The van der Waals surface area contributed by atoms with Crippen LogP contribution in [0.3, 0.4) is 0 Å². The molecule has 0 unspecified atom stereocenters. The Morgan fingerprint density at radius 3 is 2.90 bits per heavy atom. The Bertz CT molecular complexity index is 637. The predicted molar refractivity (Wildman–Crippen MR) is 73.3 cm³/mol. The topological polar surface area (TPSA) is 67.2 Å². The van der Waals surface area contributed by atoms with Crippen molar-refractivity contribution in [3.8, 4) is 0 Å². The largest absolute Gasteiger partial charge is 0.478 e. The zero-order chi connectivity index (χ0) is 14.7. The molecule has 2 aromatic rings. The Balaban J connectivity index is 2.24. The van der Waals surface area contributed by atoms with Gasteiger partial charge in [-0.3, -0.25) is 4.68 Å². The van der Waals surface area contributed by atoms with Gasteiger partial charge in [-0.2, -0.15) is 5.10 Å². The van der Waals surface area contributed by atoms with Gasteiger partial charge in [0.2, 0.25) is 0 Å². The number of nitrogens with one attached hydrogen (secondary N) is 1. The van der Waals surface area contributed by atoms with Gasteiger partial charge in [0.1, 0.15) is 5.82 Å². The molecule has 1 aromatic carbocycles. The number of aromatic nitrogens is 2. The monoisotopic (exact) mass is 277 g/mol. The number of para-hydroxylation sites is 1. The summed E-state index contributed by atoms with van der Waals surface area (Å²) in [5.74, 6) is -1.74. The number of aryl methyl sites for hydroxylation is 2. The first-order chi connectivity index (χ1) is 9.52. The lowest BCUT2D eigenvalue weighted by Gasteiger charge is -2.10. The molecule has 0 bridgehead atoms. The molecule has 0 aliphatic carbocycles. The molecule has 2 N–H and O–H groups in total. The average molecular weight is 277 g/mol. The zero-order valence-electron chi connectivity index (χ0n) is 11.4. The molecule has 0 aliphatic heterocycles. The lowest BCUT2D eigenvalue weighted by Crippen LogP contribution is -2.09. The minimum Gasteiger partial charge on any atom is -0.478 e. The van der Waals surface area contributed by atoms with Crippen LogP contribution in [0.15, 0.2) is 24.4 Å². The molecule has 0 radical (unpaired) electrons. The van der Waals surface area contributed by atoms with Crippen LogP contribution in [-0.2, 0) is 20.0 Å². The molecule has 5 nitrogen and oxygen atoms in total. The molecule has 0 spiro atoms. The minimum absolute atomic E-state index is 0.00547. The van der Waals surface area contributed by atoms with Crippen LogP contribution in [0, 0.1) is 5.82 Å². The Morgan fingerprint density at radius 2 is 2.25 bits per heavy atom. The highest BCUT2D eigenvalue weighted by Gasteiger charge is 2.14. The number of nitrogens with zero attached hydrogens (tertiary/aromatic N) is 2. The van der Waals surface area contributed by atoms with E-state index in [0.29, 0.717) is 6.54 Å². The van der Waals surface area contributed by atoms with Crippen LogP contribution in [0.1, 0.15) is 28.5 Å². The third kappa shape index (κ3) is 2.79. The molecule has 1 aromatic heterocycles. The van der Waals surface area contributed by atoms with Gasteiger partial charge in [0.15, 0.2) is 0 Å². The van der Waals surface area contributed by atoms with Gasteiger partial charge in [0.05, 0.1) is 16.9 Å². The number of hydrogen-bond donors (Lipinski definition) is 2. The van der Waals surface area contributed by atoms with E-state index in [0.717, 1.165) is 17.7 Å². The Kier molecular flexibility index (Phi) is 4.02. The molecular formula is C14H16FN3O2. The van der Waals surface area contributed by atoms with Crippen LogP contribution in [0.2, 0.25) is 0 Å². The fraction of sp³-hybridized carbons (Fsp3) is 0.286. The van der Waals surface area contributed by atoms with Crippen LogP contribution in [-0.4, -0.2) is 20.9 Å². The molecule has 6 heteroatoms. The van der Waals surface area contributed by atoms with Crippen LogP contribution < -0.4 is 5.32 Å². The van der Waals surface area contributed by atoms with Crippen molar-refractivity contribution in [1.29, 1.82) is 0 Å². The summed E-state index contributed by atoms with van der Waals surface area (Å²) < 4.78 is 15.4. The number of anilines is 1. The summed E-state index contributed by atoms with van der Waals surface area (Å²) in [5, 5.41) is 16.2. The molecule has 106 valence electrons. The van der Waals surface area contributed by atoms with Gasteiger partial charge in [0.25, 0.3) is 0 Å². The zero-order valence-corrected chi connectivity index (χ0v) is 11.4. The summed E-state index contributed by atoms with van der Waals surface area (Å²) in [6, 6.07) is 3.99. The summed E-state index contributed by atoms with van der Waals surface area (Å²) >= 11 is 0. The summed E-state index contributed by atoms with van der Waals surface area (Å²) in [6.07, 6.45) is 2.61. The van der Waals surface area contributed by atoms with Crippen LogP contribution in [0.4, 0.5) is 10.1 Å². The third-order valence-electron chi connectivity index (χ3n) is 3.03. The molecular weight excluding hydrogens is 261 g/mol. The second-order valence-electron chi connectivity index (χ2n) is 4.45. The molecule has 0 aliphatic rings. The Hall–Kier alpha value is -2.37. The molecule has 1 heterocycles. The van der Waals surface area contributed by atoms with Crippen molar-refractivity contribution in [3.63, 3.8) is 0 Å². The molecule has 20 heavy (non-hydrogen) atoms. The van der Waals surface area contributed by atoms with E-state index in [-0.39, 0.29) is 11.3 Å². The van der Waals surface area contributed by atoms with E-state index in [1.54, 1.807) is 4.68 Å². The van der Waals surface area contributed by atoms with Crippen molar-refractivity contribution in [2.45, 2.75) is 19.9 Å². The fourth-order valence-corrected chi connectivity index (χ4v) is 2.09. The van der Waals surface area contributed by atoms with E-state index in [2.05, 4.69) is 10.4 Å². The first kappa shape index (κ1) is 14.0. The lowest BCUT2D eigenvalue weighted by molar-refractivity contribution is 0.0697.